The molecule has 0 aliphatic rings. The van der Waals surface area contributed by atoms with Crippen LogP contribution in [-0.4, -0.2) is 5.97 Å². The van der Waals surface area contributed by atoms with Crippen LogP contribution in [0.4, 0.5) is 0 Å². The van der Waals surface area contributed by atoms with Gasteiger partial charge in [0.1, 0.15) is 0 Å². The second kappa shape index (κ2) is 9.43. The molecule has 0 bridgehead atoms. The Morgan fingerprint density at radius 1 is 0.704 bits per heavy atom. The summed E-state index contributed by atoms with van der Waals surface area (Å²) in [6, 6.07) is 30.7. The largest absolute Gasteiger partial charge is 0.550 e. The molecule has 3 aromatic rings. The van der Waals surface area contributed by atoms with Gasteiger partial charge in [0.25, 0.3) is 0 Å². The highest BCUT2D eigenvalue weighted by molar-refractivity contribution is 7.97. The molecule has 0 saturated heterocycles. The normalized spacial score (nSPS) is 10.9. The minimum absolute atomic E-state index is 0.0497. The van der Waals surface area contributed by atoms with E-state index in [1.54, 1.807) is 0 Å². The first-order valence-corrected chi connectivity index (χ1v) is 10.1. The van der Waals surface area contributed by atoms with Crippen molar-refractivity contribution in [1.82, 2.24) is 0 Å². The molecule has 3 heteroatoms. The van der Waals surface area contributed by atoms with Crippen LogP contribution in [0.3, 0.4) is 0 Å². The highest BCUT2D eigenvalue weighted by Gasteiger charge is 2.28. The van der Waals surface area contributed by atoms with E-state index in [9.17, 15) is 0 Å². The van der Waals surface area contributed by atoms with Crippen molar-refractivity contribution in [2.24, 2.45) is 0 Å². The number of aliphatic carboxylic acids is 1. The van der Waals surface area contributed by atoms with Gasteiger partial charge in [-0.05, 0) is 54.3 Å². The summed E-state index contributed by atoms with van der Waals surface area (Å²) in [6.45, 7) is 7.75. The number of hydrogen-bond acceptors (Lipinski definition) is 2. The maximum Gasteiger partial charge on any atom is 0.166 e. The maximum atomic E-state index is 8.89. The molecule has 0 heterocycles. The Morgan fingerprint density at radius 2 is 1.04 bits per heavy atom. The molecule has 0 aliphatic heterocycles. The van der Waals surface area contributed by atoms with Crippen molar-refractivity contribution in [3.8, 4) is 0 Å². The van der Waals surface area contributed by atoms with Crippen LogP contribution in [-0.2, 0) is 21.1 Å². The molecule has 0 amide bonds. The lowest BCUT2D eigenvalue weighted by atomic mass is 9.87. The molecular weight excluding hydrogens is 352 g/mol. The number of benzene rings is 3. The van der Waals surface area contributed by atoms with Crippen molar-refractivity contribution >= 4 is 16.9 Å². The third-order valence-electron chi connectivity index (χ3n) is 3.91. The molecule has 2 nitrogen and oxygen atoms in total. The smallest absolute Gasteiger partial charge is 0.166 e. The Kier molecular flexibility index (Phi) is 7.26. The fraction of sp³-hybridized carbons (Fsp3) is 0.208. The van der Waals surface area contributed by atoms with E-state index in [1.807, 2.05) is 0 Å². The van der Waals surface area contributed by atoms with Crippen LogP contribution < -0.4 is 5.11 Å². The van der Waals surface area contributed by atoms with Gasteiger partial charge in [-0.1, -0.05) is 69.3 Å². The van der Waals surface area contributed by atoms with E-state index in [2.05, 4.69) is 106 Å². The predicted molar refractivity (Wildman–Crippen MR) is 111 cm³/mol. The molecular formula is C24H26O2S. The fourth-order valence-corrected chi connectivity index (χ4v) is 4.70. The van der Waals surface area contributed by atoms with Gasteiger partial charge < -0.3 is 9.90 Å². The zero-order valence-electron chi connectivity index (χ0n) is 16.3. The molecule has 0 spiro atoms. The number of carbonyl (C=O) groups excluding carboxylic acids is 1. The van der Waals surface area contributed by atoms with Crippen molar-refractivity contribution in [3.05, 3.63) is 90.5 Å². The third-order valence-corrected chi connectivity index (χ3v) is 6.14. The van der Waals surface area contributed by atoms with Crippen LogP contribution in [0.5, 0.6) is 0 Å². The van der Waals surface area contributed by atoms with Gasteiger partial charge in [-0.15, -0.1) is 0 Å². The van der Waals surface area contributed by atoms with E-state index >= 15 is 0 Å². The number of rotatable bonds is 3. The van der Waals surface area contributed by atoms with Crippen LogP contribution in [0.25, 0.3) is 0 Å². The molecule has 140 valence electrons. The van der Waals surface area contributed by atoms with Gasteiger partial charge in [0.15, 0.2) is 14.7 Å². The summed E-state index contributed by atoms with van der Waals surface area (Å²) in [5.41, 5.74) is 1.57. The van der Waals surface area contributed by atoms with E-state index < -0.39 is 5.97 Å². The summed E-state index contributed by atoms with van der Waals surface area (Å²) in [5, 5.41) is 8.89. The summed E-state index contributed by atoms with van der Waals surface area (Å²) in [4.78, 5) is 13.0. The summed E-state index contributed by atoms with van der Waals surface area (Å²) >= 11 is 0. The highest BCUT2D eigenvalue weighted by atomic mass is 32.2. The summed E-state index contributed by atoms with van der Waals surface area (Å²) in [7, 11) is -0.0497. The van der Waals surface area contributed by atoms with Crippen molar-refractivity contribution in [2.45, 2.75) is 47.8 Å². The first-order valence-electron chi connectivity index (χ1n) is 8.91. The third kappa shape index (κ3) is 6.30. The standard InChI is InChI=1S/C22H23S.C2H4O2/c1-22(2,3)18-14-16-21(17-15-18)23(19-10-6-4-7-11-19)20-12-8-5-9-13-20;1-2(3)4/h4-17H,1-3H3;1H3,(H,3,4)/q+1;/p-1. The molecule has 0 unspecified atom stereocenters. The fourth-order valence-electron chi connectivity index (χ4n) is 2.61. The second-order valence-electron chi connectivity index (χ2n) is 7.20. The first kappa shape index (κ1) is 20.8. The van der Waals surface area contributed by atoms with Crippen molar-refractivity contribution in [3.63, 3.8) is 0 Å². The summed E-state index contributed by atoms with van der Waals surface area (Å²) in [5.74, 6) is -1.08. The van der Waals surface area contributed by atoms with Gasteiger partial charge in [-0.3, -0.25) is 0 Å². The molecule has 0 aromatic heterocycles. The first-order chi connectivity index (χ1) is 12.8. The number of hydrogen-bond donors (Lipinski definition) is 0. The van der Waals surface area contributed by atoms with E-state index in [1.165, 1.54) is 20.2 Å². The average Bonchev–Trinajstić information content (AvgIpc) is 2.63. The number of carboxylic acids is 1. The highest BCUT2D eigenvalue weighted by Crippen LogP contribution is 2.32. The quantitative estimate of drug-likeness (QED) is 0.612. The molecule has 0 N–H and O–H groups in total. The lowest BCUT2D eigenvalue weighted by Crippen LogP contribution is -2.16. The Hall–Kier alpha value is -2.52. The lowest BCUT2D eigenvalue weighted by molar-refractivity contribution is -0.302. The van der Waals surface area contributed by atoms with E-state index in [0.717, 1.165) is 6.92 Å². The Labute approximate surface area is 165 Å². The Balaban J connectivity index is 0.000000596. The molecule has 0 radical (unpaired) electrons. The van der Waals surface area contributed by atoms with Gasteiger partial charge in [0.2, 0.25) is 0 Å². The number of carbonyl (C=O) groups is 1. The van der Waals surface area contributed by atoms with Gasteiger partial charge >= 0.3 is 0 Å². The molecule has 3 rings (SSSR count). The van der Waals surface area contributed by atoms with Gasteiger partial charge in [0.05, 0.1) is 10.9 Å². The van der Waals surface area contributed by atoms with Crippen LogP contribution in [0.15, 0.2) is 99.6 Å². The summed E-state index contributed by atoms with van der Waals surface area (Å²) < 4.78 is 0. The molecule has 0 atom stereocenters. The molecule has 0 aliphatic carbocycles. The number of carboxylic acid groups (broad SMARTS) is 1. The molecule has 3 aromatic carbocycles. The molecule has 0 saturated carbocycles. The SMILES string of the molecule is CC(=O)[O-].CC(C)(C)c1ccc([S+](c2ccccc2)c2ccccc2)cc1. The van der Waals surface area contributed by atoms with E-state index in [-0.39, 0.29) is 16.3 Å². The van der Waals surface area contributed by atoms with E-state index in [4.69, 9.17) is 9.90 Å². The monoisotopic (exact) mass is 378 g/mol. The Bertz CT molecular complexity index is 792. The van der Waals surface area contributed by atoms with Crippen LogP contribution in [0, 0.1) is 0 Å². The predicted octanol–water partition coefficient (Wildman–Crippen LogP) is 4.84. The topological polar surface area (TPSA) is 40.1 Å². The van der Waals surface area contributed by atoms with Crippen LogP contribution >= 0.6 is 0 Å². The Morgan fingerprint density at radius 3 is 1.37 bits per heavy atom. The van der Waals surface area contributed by atoms with Gasteiger partial charge in [-0.25, -0.2) is 0 Å². The van der Waals surface area contributed by atoms with Crippen LogP contribution in [0.1, 0.15) is 33.3 Å². The van der Waals surface area contributed by atoms with Crippen molar-refractivity contribution in [2.75, 3.05) is 0 Å². The molecule has 0 fully saturated rings. The van der Waals surface area contributed by atoms with Crippen LogP contribution in [0.2, 0.25) is 0 Å². The van der Waals surface area contributed by atoms with Gasteiger partial charge in [0, 0.05) is 5.97 Å². The van der Waals surface area contributed by atoms with Gasteiger partial charge in [-0.2, -0.15) is 0 Å². The zero-order chi connectivity index (χ0) is 19.9. The minimum Gasteiger partial charge on any atom is -0.550 e. The lowest BCUT2D eigenvalue weighted by Gasteiger charge is -2.19. The van der Waals surface area contributed by atoms with Crippen molar-refractivity contribution < 1.29 is 9.90 Å². The molecule has 27 heavy (non-hydrogen) atoms. The summed E-state index contributed by atoms with van der Waals surface area (Å²) in [6.07, 6.45) is 0. The maximum absolute atomic E-state index is 8.89. The second-order valence-corrected chi connectivity index (χ2v) is 9.22. The minimum atomic E-state index is -1.08. The van der Waals surface area contributed by atoms with Crippen molar-refractivity contribution in [1.29, 1.82) is 0 Å². The zero-order valence-corrected chi connectivity index (χ0v) is 17.1. The van der Waals surface area contributed by atoms with E-state index in [0.29, 0.717) is 0 Å². The average molecular weight is 379 g/mol.